The number of aryl methyl sites for hydroxylation is 2. The normalized spacial score (nSPS) is 10.3. The average Bonchev–Trinajstić information content (AvgIpc) is 2.32. The smallest absolute Gasteiger partial charge is 0.242 e. The standard InChI is InChI=1S/C14H16N2O/c1-9-6-7-10(2)13(11(9)3)17-14-12(15)5-4-8-16-14/h4-8H,15H2,1-3H3. The van der Waals surface area contributed by atoms with Crippen molar-refractivity contribution in [1.29, 1.82) is 0 Å². The maximum atomic E-state index is 5.82. The number of ether oxygens (including phenoxy) is 1. The van der Waals surface area contributed by atoms with Crippen LogP contribution >= 0.6 is 0 Å². The molecule has 0 aliphatic rings. The van der Waals surface area contributed by atoms with Gasteiger partial charge in [-0.3, -0.25) is 0 Å². The number of nitrogens with two attached hydrogens (primary N) is 1. The monoisotopic (exact) mass is 228 g/mol. The molecule has 1 aromatic heterocycles. The van der Waals surface area contributed by atoms with Gasteiger partial charge < -0.3 is 10.5 Å². The molecule has 0 saturated heterocycles. The minimum atomic E-state index is 0.462. The fraction of sp³-hybridized carbons (Fsp3) is 0.214. The number of aromatic nitrogens is 1. The summed E-state index contributed by atoms with van der Waals surface area (Å²) in [6.45, 7) is 6.11. The Labute approximate surface area is 101 Å². The lowest BCUT2D eigenvalue weighted by molar-refractivity contribution is 0.458. The van der Waals surface area contributed by atoms with Crippen molar-refractivity contribution in [3.8, 4) is 11.6 Å². The van der Waals surface area contributed by atoms with Crippen LogP contribution in [0.15, 0.2) is 30.5 Å². The van der Waals surface area contributed by atoms with Gasteiger partial charge in [-0.15, -0.1) is 0 Å². The van der Waals surface area contributed by atoms with Crippen LogP contribution in [0.3, 0.4) is 0 Å². The number of hydrogen-bond acceptors (Lipinski definition) is 3. The molecule has 0 unspecified atom stereocenters. The van der Waals surface area contributed by atoms with E-state index in [2.05, 4.69) is 18.0 Å². The van der Waals surface area contributed by atoms with E-state index in [1.54, 1.807) is 18.3 Å². The summed E-state index contributed by atoms with van der Waals surface area (Å²) in [7, 11) is 0. The van der Waals surface area contributed by atoms with E-state index >= 15 is 0 Å². The van der Waals surface area contributed by atoms with E-state index in [0.29, 0.717) is 11.6 Å². The first-order chi connectivity index (χ1) is 8.09. The Morgan fingerprint density at radius 2 is 1.76 bits per heavy atom. The highest BCUT2D eigenvalue weighted by Gasteiger charge is 2.09. The number of nitrogen functional groups attached to an aromatic ring is 1. The second kappa shape index (κ2) is 4.45. The van der Waals surface area contributed by atoms with Crippen LogP contribution in [0.25, 0.3) is 0 Å². The molecule has 0 saturated carbocycles. The minimum Gasteiger partial charge on any atom is -0.437 e. The molecule has 1 aromatic carbocycles. The van der Waals surface area contributed by atoms with E-state index in [4.69, 9.17) is 10.5 Å². The summed E-state index contributed by atoms with van der Waals surface area (Å²) in [5.74, 6) is 1.31. The highest BCUT2D eigenvalue weighted by atomic mass is 16.5. The van der Waals surface area contributed by atoms with Crippen molar-refractivity contribution >= 4 is 5.69 Å². The Hall–Kier alpha value is -2.03. The third-order valence-corrected chi connectivity index (χ3v) is 2.87. The van der Waals surface area contributed by atoms with Crippen LogP contribution in [0.5, 0.6) is 11.6 Å². The van der Waals surface area contributed by atoms with Crippen molar-refractivity contribution < 1.29 is 4.74 Å². The zero-order valence-electron chi connectivity index (χ0n) is 10.3. The summed E-state index contributed by atoms with van der Waals surface area (Å²) < 4.78 is 5.82. The first kappa shape index (κ1) is 11.5. The van der Waals surface area contributed by atoms with E-state index in [0.717, 1.165) is 16.9 Å². The highest BCUT2D eigenvalue weighted by molar-refractivity contribution is 5.52. The summed E-state index contributed by atoms with van der Waals surface area (Å²) in [6.07, 6.45) is 1.67. The Bertz CT molecular complexity index is 550. The molecule has 3 heteroatoms. The molecule has 2 aromatic rings. The average molecular weight is 228 g/mol. The van der Waals surface area contributed by atoms with Crippen molar-refractivity contribution in [1.82, 2.24) is 4.98 Å². The lowest BCUT2D eigenvalue weighted by Crippen LogP contribution is -1.98. The topological polar surface area (TPSA) is 48.1 Å². The van der Waals surface area contributed by atoms with Crippen molar-refractivity contribution in [2.24, 2.45) is 0 Å². The zero-order valence-corrected chi connectivity index (χ0v) is 10.3. The molecule has 0 spiro atoms. The molecule has 0 aliphatic heterocycles. The number of pyridine rings is 1. The van der Waals surface area contributed by atoms with E-state index in [1.165, 1.54) is 5.56 Å². The molecule has 2 N–H and O–H groups in total. The fourth-order valence-electron chi connectivity index (χ4n) is 1.67. The van der Waals surface area contributed by atoms with Gasteiger partial charge in [-0.05, 0) is 49.6 Å². The second-order valence-electron chi connectivity index (χ2n) is 4.15. The van der Waals surface area contributed by atoms with Crippen LogP contribution in [0.4, 0.5) is 5.69 Å². The van der Waals surface area contributed by atoms with Crippen molar-refractivity contribution in [3.63, 3.8) is 0 Å². The Morgan fingerprint density at radius 1 is 1.06 bits per heavy atom. The summed E-state index contributed by atoms with van der Waals surface area (Å²) in [5, 5.41) is 0. The van der Waals surface area contributed by atoms with Crippen LogP contribution < -0.4 is 10.5 Å². The molecule has 1 heterocycles. The van der Waals surface area contributed by atoms with Gasteiger partial charge in [-0.2, -0.15) is 0 Å². The Morgan fingerprint density at radius 3 is 2.47 bits per heavy atom. The molecule has 0 bridgehead atoms. The van der Waals surface area contributed by atoms with Gasteiger partial charge in [0, 0.05) is 6.20 Å². The molecule has 0 atom stereocenters. The van der Waals surface area contributed by atoms with Crippen molar-refractivity contribution in [2.75, 3.05) is 5.73 Å². The molecule has 0 radical (unpaired) electrons. The molecule has 3 nitrogen and oxygen atoms in total. The predicted octanol–water partition coefficient (Wildman–Crippen LogP) is 3.38. The summed E-state index contributed by atoms with van der Waals surface area (Å²) >= 11 is 0. The third kappa shape index (κ3) is 2.23. The van der Waals surface area contributed by atoms with Gasteiger partial charge in [0.2, 0.25) is 5.88 Å². The first-order valence-electron chi connectivity index (χ1n) is 5.54. The van der Waals surface area contributed by atoms with Crippen LogP contribution in [0.2, 0.25) is 0 Å². The van der Waals surface area contributed by atoms with E-state index in [9.17, 15) is 0 Å². The second-order valence-corrected chi connectivity index (χ2v) is 4.15. The van der Waals surface area contributed by atoms with Gasteiger partial charge >= 0.3 is 0 Å². The number of rotatable bonds is 2. The molecule has 2 rings (SSSR count). The number of hydrogen-bond donors (Lipinski definition) is 1. The van der Waals surface area contributed by atoms with Crippen LogP contribution in [-0.2, 0) is 0 Å². The quantitative estimate of drug-likeness (QED) is 0.857. The van der Waals surface area contributed by atoms with E-state index in [-0.39, 0.29) is 0 Å². The minimum absolute atomic E-state index is 0.462. The molecule has 88 valence electrons. The lowest BCUT2D eigenvalue weighted by Gasteiger charge is -2.13. The summed E-state index contributed by atoms with van der Waals surface area (Å²) in [6, 6.07) is 7.69. The van der Waals surface area contributed by atoms with Gasteiger partial charge in [0.25, 0.3) is 0 Å². The fourth-order valence-corrected chi connectivity index (χ4v) is 1.67. The van der Waals surface area contributed by atoms with Gasteiger partial charge in [0.15, 0.2) is 0 Å². The number of nitrogens with zero attached hydrogens (tertiary/aromatic N) is 1. The number of anilines is 1. The molecular weight excluding hydrogens is 212 g/mol. The molecular formula is C14H16N2O. The Balaban J connectivity index is 2.43. The first-order valence-corrected chi connectivity index (χ1v) is 5.54. The summed E-state index contributed by atoms with van der Waals surface area (Å²) in [5.41, 5.74) is 9.76. The summed E-state index contributed by atoms with van der Waals surface area (Å²) in [4.78, 5) is 4.14. The molecule has 0 fully saturated rings. The molecule has 0 aliphatic carbocycles. The largest absolute Gasteiger partial charge is 0.437 e. The van der Waals surface area contributed by atoms with Gasteiger partial charge in [0.1, 0.15) is 5.75 Å². The lowest BCUT2D eigenvalue weighted by atomic mass is 10.1. The van der Waals surface area contributed by atoms with Crippen LogP contribution in [0, 0.1) is 20.8 Å². The predicted molar refractivity (Wildman–Crippen MR) is 69.4 cm³/mol. The zero-order chi connectivity index (χ0) is 12.4. The van der Waals surface area contributed by atoms with Crippen molar-refractivity contribution in [2.45, 2.75) is 20.8 Å². The van der Waals surface area contributed by atoms with Crippen molar-refractivity contribution in [3.05, 3.63) is 47.2 Å². The maximum absolute atomic E-state index is 5.82. The van der Waals surface area contributed by atoms with E-state index in [1.807, 2.05) is 19.9 Å². The van der Waals surface area contributed by atoms with Crippen LogP contribution in [-0.4, -0.2) is 4.98 Å². The third-order valence-electron chi connectivity index (χ3n) is 2.87. The van der Waals surface area contributed by atoms with Crippen LogP contribution in [0.1, 0.15) is 16.7 Å². The van der Waals surface area contributed by atoms with Gasteiger partial charge in [-0.1, -0.05) is 12.1 Å². The van der Waals surface area contributed by atoms with Gasteiger partial charge in [-0.25, -0.2) is 4.98 Å². The van der Waals surface area contributed by atoms with Gasteiger partial charge in [0.05, 0.1) is 5.69 Å². The maximum Gasteiger partial charge on any atom is 0.242 e. The molecule has 17 heavy (non-hydrogen) atoms. The Kier molecular flexibility index (Phi) is 3.00. The highest BCUT2D eigenvalue weighted by Crippen LogP contribution is 2.31. The number of benzene rings is 1. The SMILES string of the molecule is Cc1ccc(C)c(Oc2ncccc2N)c1C. The molecule has 0 amide bonds. The van der Waals surface area contributed by atoms with E-state index < -0.39 is 0 Å².